The minimum Gasteiger partial charge on any atom is -0.354 e. The van der Waals surface area contributed by atoms with Crippen molar-refractivity contribution in [3.8, 4) is 0 Å². The Balaban J connectivity index is 1.50. The summed E-state index contributed by atoms with van der Waals surface area (Å²) in [6, 6.07) is 1.19. The second kappa shape index (κ2) is 5.57. The first-order valence-electron chi connectivity index (χ1n) is 7.60. The summed E-state index contributed by atoms with van der Waals surface area (Å²) in [5, 5.41) is 6.65. The van der Waals surface area contributed by atoms with Crippen LogP contribution < -0.4 is 10.6 Å². The average molecular weight is 251 g/mol. The van der Waals surface area contributed by atoms with E-state index < -0.39 is 0 Å². The minimum atomic E-state index is 0.276. The summed E-state index contributed by atoms with van der Waals surface area (Å²) >= 11 is 0. The van der Waals surface area contributed by atoms with Crippen LogP contribution in [-0.2, 0) is 4.79 Å². The Morgan fingerprint density at radius 3 is 3.00 bits per heavy atom. The first-order valence-corrected chi connectivity index (χ1v) is 7.60. The van der Waals surface area contributed by atoms with Crippen molar-refractivity contribution in [2.24, 2.45) is 5.92 Å². The zero-order valence-electron chi connectivity index (χ0n) is 11.2. The van der Waals surface area contributed by atoms with Crippen LogP contribution in [0.2, 0.25) is 0 Å². The first kappa shape index (κ1) is 12.4. The van der Waals surface area contributed by atoms with Crippen molar-refractivity contribution < 1.29 is 4.79 Å². The Morgan fingerprint density at radius 1 is 1.22 bits per heavy atom. The van der Waals surface area contributed by atoms with Crippen LogP contribution in [0.3, 0.4) is 0 Å². The lowest BCUT2D eigenvalue weighted by Gasteiger charge is -2.37. The molecule has 3 atom stereocenters. The van der Waals surface area contributed by atoms with Gasteiger partial charge in [0.25, 0.3) is 0 Å². The van der Waals surface area contributed by atoms with E-state index in [1.165, 1.54) is 45.2 Å². The van der Waals surface area contributed by atoms with Crippen molar-refractivity contribution in [2.75, 3.05) is 26.2 Å². The fraction of sp³-hybridized carbons (Fsp3) is 0.929. The van der Waals surface area contributed by atoms with Gasteiger partial charge in [0.2, 0.25) is 5.91 Å². The van der Waals surface area contributed by atoms with Crippen LogP contribution in [0.5, 0.6) is 0 Å². The Labute approximate surface area is 109 Å². The molecule has 3 unspecified atom stereocenters. The molecule has 0 spiro atoms. The fourth-order valence-corrected chi connectivity index (χ4v) is 3.81. The van der Waals surface area contributed by atoms with Crippen LogP contribution in [-0.4, -0.2) is 49.1 Å². The van der Waals surface area contributed by atoms with Gasteiger partial charge in [-0.3, -0.25) is 9.69 Å². The molecule has 18 heavy (non-hydrogen) atoms. The molecule has 2 N–H and O–H groups in total. The third kappa shape index (κ3) is 2.54. The zero-order valence-corrected chi connectivity index (χ0v) is 11.2. The molecule has 0 aliphatic carbocycles. The van der Waals surface area contributed by atoms with Gasteiger partial charge in [0.15, 0.2) is 0 Å². The lowest BCUT2D eigenvalue weighted by molar-refractivity contribution is -0.124. The SMILES string of the molecule is O=C1NCC2C1CCCN2CCC1CCCCN1. The predicted molar refractivity (Wildman–Crippen MR) is 71.4 cm³/mol. The molecule has 3 heterocycles. The van der Waals surface area contributed by atoms with Crippen molar-refractivity contribution in [3.63, 3.8) is 0 Å². The van der Waals surface area contributed by atoms with Gasteiger partial charge in [-0.15, -0.1) is 0 Å². The van der Waals surface area contributed by atoms with Crippen LogP contribution in [0.4, 0.5) is 0 Å². The molecule has 3 fully saturated rings. The third-order valence-corrected chi connectivity index (χ3v) is 4.89. The standard InChI is InChI=1S/C14H25N3O/c18-14-12-5-3-8-17(13(12)10-16-14)9-6-11-4-1-2-7-15-11/h11-13,15H,1-10H2,(H,16,18). The summed E-state index contributed by atoms with van der Waals surface area (Å²) in [4.78, 5) is 14.3. The zero-order chi connectivity index (χ0) is 12.4. The van der Waals surface area contributed by atoms with Gasteiger partial charge in [-0.1, -0.05) is 6.42 Å². The molecule has 3 aliphatic rings. The van der Waals surface area contributed by atoms with Crippen molar-refractivity contribution in [1.82, 2.24) is 15.5 Å². The molecule has 0 radical (unpaired) electrons. The first-order chi connectivity index (χ1) is 8.84. The van der Waals surface area contributed by atoms with E-state index in [0.717, 1.165) is 19.5 Å². The number of piperidine rings is 2. The monoisotopic (exact) mass is 251 g/mol. The van der Waals surface area contributed by atoms with Crippen molar-refractivity contribution in [1.29, 1.82) is 0 Å². The molecule has 0 saturated carbocycles. The number of hydrogen-bond donors (Lipinski definition) is 2. The van der Waals surface area contributed by atoms with E-state index in [-0.39, 0.29) is 5.92 Å². The summed E-state index contributed by atoms with van der Waals surface area (Å²) in [6.07, 6.45) is 7.57. The van der Waals surface area contributed by atoms with E-state index in [2.05, 4.69) is 15.5 Å². The normalized spacial score (nSPS) is 37.3. The van der Waals surface area contributed by atoms with E-state index in [4.69, 9.17) is 0 Å². The highest BCUT2D eigenvalue weighted by Crippen LogP contribution is 2.27. The Kier molecular flexibility index (Phi) is 3.85. The second-order valence-corrected chi connectivity index (χ2v) is 6.03. The minimum absolute atomic E-state index is 0.276. The van der Waals surface area contributed by atoms with Crippen LogP contribution >= 0.6 is 0 Å². The summed E-state index contributed by atoms with van der Waals surface area (Å²) in [7, 11) is 0. The van der Waals surface area contributed by atoms with Gasteiger partial charge < -0.3 is 10.6 Å². The average Bonchev–Trinajstić information content (AvgIpc) is 2.80. The number of carbonyl (C=O) groups is 1. The number of rotatable bonds is 3. The van der Waals surface area contributed by atoms with Crippen LogP contribution in [0.15, 0.2) is 0 Å². The lowest BCUT2D eigenvalue weighted by Crippen LogP contribution is -2.47. The van der Waals surface area contributed by atoms with Gasteiger partial charge in [-0.25, -0.2) is 0 Å². The molecule has 4 heteroatoms. The smallest absolute Gasteiger partial charge is 0.224 e. The topological polar surface area (TPSA) is 44.4 Å². The Bertz CT molecular complexity index is 301. The lowest BCUT2D eigenvalue weighted by atomic mass is 9.91. The summed E-state index contributed by atoms with van der Waals surface area (Å²) < 4.78 is 0. The van der Waals surface area contributed by atoms with Crippen LogP contribution in [0.25, 0.3) is 0 Å². The molecule has 0 aromatic carbocycles. The molecular formula is C14H25N3O. The van der Waals surface area contributed by atoms with E-state index in [9.17, 15) is 4.79 Å². The molecule has 3 aliphatic heterocycles. The third-order valence-electron chi connectivity index (χ3n) is 4.89. The molecule has 0 bridgehead atoms. The summed E-state index contributed by atoms with van der Waals surface area (Å²) in [5.41, 5.74) is 0. The van der Waals surface area contributed by atoms with E-state index in [0.29, 0.717) is 18.0 Å². The maximum atomic E-state index is 11.7. The van der Waals surface area contributed by atoms with Gasteiger partial charge in [0.05, 0.1) is 5.92 Å². The molecule has 3 rings (SSSR count). The molecule has 102 valence electrons. The number of hydrogen-bond acceptors (Lipinski definition) is 3. The molecule has 0 aromatic rings. The van der Waals surface area contributed by atoms with Crippen LogP contribution in [0, 0.1) is 5.92 Å². The number of amides is 1. The number of likely N-dealkylation sites (tertiary alicyclic amines) is 1. The maximum Gasteiger partial charge on any atom is 0.224 e. The molecular weight excluding hydrogens is 226 g/mol. The van der Waals surface area contributed by atoms with E-state index >= 15 is 0 Å². The largest absolute Gasteiger partial charge is 0.354 e. The number of nitrogens with one attached hydrogen (secondary N) is 2. The van der Waals surface area contributed by atoms with Crippen LogP contribution in [0.1, 0.15) is 38.5 Å². The molecule has 1 amide bonds. The highest BCUT2D eigenvalue weighted by molar-refractivity contribution is 5.82. The maximum absolute atomic E-state index is 11.7. The highest BCUT2D eigenvalue weighted by atomic mass is 16.2. The summed E-state index contributed by atoms with van der Waals surface area (Å²) in [6.45, 7) is 4.41. The van der Waals surface area contributed by atoms with Crippen molar-refractivity contribution in [2.45, 2.75) is 50.6 Å². The predicted octanol–water partition coefficient (Wildman–Crippen LogP) is 0.729. The second-order valence-electron chi connectivity index (χ2n) is 6.03. The van der Waals surface area contributed by atoms with Gasteiger partial charge >= 0.3 is 0 Å². The van der Waals surface area contributed by atoms with Gasteiger partial charge in [0.1, 0.15) is 0 Å². The van der Waals surface area contributed by atoms with Crippen molar-refractivity contribution >= 4 is 5.91 Å². The van der Waals surface area contributed by atoms with Gasteiger partial charge in [-0.05, 0) is 45.2 Å². The van der Waals surface area contributed by atoms with Crippen molar-refractivity contribution in [3.05, 3.63) is 0 Å². The number of carbonyl (C=O) groups excluding carboxylic acids is 1. The summed E-state index contributed by atoms with van der Waals surface area (Å²) in [5.74, 6) is 0.568. The molecule has 4 nitrogen and oxygen atoms in total. The molecule has 3 saturated heterocycles. The fourth-order valence-electron chi connectivity index (χ4n) is 3.81. The Morgan fingerprint density at radius 2 is 2.17 bits per heavy atom. The Hall–Kier alpha value is -0.610. The van der Waals surface area contributed by atoms with Gasteiger partial charge in [-0.2, -0.15) is 0 Å². The highest BCUT2D eigenvalue weighted by Gasteiger charge is 2.40. The molecule has 0 aromatic heterocycles. The van der Waals surface area contributed by atoms with E-state index in [1.54, 1.807) is 0 Å². The number of nitrogens with zero attached hydrogens (tertiary/aromatic N) is 1. The van der Waals surface area contributed by atoms with Gasteiger partial charge in [0, 0.05) is 25.2 Å². The van der Waals surface area contributed by atoms with E-state index in [1.807, 2.05) is 0 Å². The number of fused-ring (bicyclic) bond motifs is 1. The quantitative estimate of drug-likeness (QED) is 0.777.